The number of aromatic nitrogens is 1. The van der Waals surface area contributed by atoms with E-state index >= 15 is 0 Å². The van der Waals surface area contributed by atoms with Crippen LogP contribution in [-0.2, 0) is 6.42 Å². The molecule has 0 fully saturated rings. The summed E-state index contributed by atoms with van der Waals surface area (Å²) in [5.41, 5.74) is 7.25. The average Bonchev–Trinajstić information content (AvgIpc) is 2.76. The van der Waals surface area contributed by atoms with Gasteiger partial charge in [-0.25, -0.2) is 4.98 Å². The van der Waals surface area contributed by atoms with E-state index in [1.165, 1.54) is 0 Å². The van der Waals surface area contributed by atoms with Crippen molar-refractivity contribution >= 4 is 0 Å². The van der Waals surface area contributed by atoms with Crippen molar-refractivity contribution in [2.24, 2.45) is 5.73 Å². The van der Waals surface area contributed by atoms with Crippen LogP contribution in [-0.4, -0.2) is 24.7 Å². The van der Waals surface area contributed by atoms with E-state index in [2.05, 4.69) is 4.98 Å². The van der Waals surface area contributed by atoms with Crippen molar-refractivity contribution in [3.05, 3.63) is 30.2 Å². The molecule has 1 aliphatic heterocycles. The summed E-state index contributed by atoms with van der Waals surface area (Å²) in [7, 11) is 0. The van der Waals surface area contributed by atoms with Gasteiger partial charge in [-0.3, -0.25) is 0 Å². The second-order valence-electron chi connectivity index (χ2n) is 4.39. The Morgan fingerprint density at radius 3 is 2.84 bits per heavy atom. The molecule has 0 amide bonds. The number of fused-ring (bicyclic) bond motifs is 1. The first-order chi connectivity index (χ1) is 9.36. The standard InChI is InChI=1S/C14H16N2O3/c15-5-4-11-9-19-14(16-11)10-2-3-12-13(8-10)18-7-1-6-17-12/h2-3,8-9H,1,4-7,15H2. The average molecular weight is 260 g/mol. The summed E-state index contributed by atoms with van der Waals surface area (Å²) in [5, 5.41) is 0. The zero-order chi connectivity index (χ0) is 13.1. The molecule has 1 aromatic carbocycles. The maximum Gasteiger partial charge on any atom is 0.226 e. The Labute approximate surface area is 111 Å². The van der Waals surface area contributed by atoms with E-state index in [0.717, 1.165) is 29.2 Å². The Morgan fingerprint density at radius 1 is 1.16 bits per heavy atom. The van der Waals surface area contributed by atoms with E-state index in [1.807, 2.05) is 18.2 Å². The lowest BCUT2D eigenvalue weighted by molar-refractivity contribution is 0.297. The SMILES string of the molecule is NCCc1coc(-c2ccc3c(c2)OCCCO3)n1. The molecule has 0 spiro atoms. The molecule has 1 aliphatic rings. The van der Waals surface area contributed by atoms with E-state index < -0.39 is 0 Å². The first kappa shape index (κ1) is 12.0. The highest BCUT2D eigenvalue weighted by Crippen LogP contribution is 2.33. The number of benzene rings is 1. The second kappa shape index (κ2) is 5.32. The van der Waals surface area contributed by atoms with E-state index in [9.17, 15) is 0 Å². The van der Waals surface area contributed by atoms with Crippen LogP contribution in [0.3, 0.4) is 0 Å². The van der Waals surface area contributed by atoms with Crippen LogP contribution >= 0.6 is 0 Å². The van der Waals surface area contributed by atoms with Crippen LogP contribution in [0.2, 0.25) is 0 Å². The Bertz CT molecular complexity index is 566. The largest absolute Gasteiger partial charge is 0.490 e. The van der Waals surface area contributed by atoms with Gasteiger partial charge in [0.1, 0.15) is 6.26 Å². The molecule has 2 heterocycles. The van der Waals surface area contributed by atoms with Gasteiger partial charge in [-0.05, 0) is 24.7 Å². The van der Waals surface area contributed by atoms with Crippen molar-refractivity contribution in [1.29, 1.82) is 0 Å². The van der Waals surface area contributed by atoms with Gasteiger partial charge in [0.25, 0.3) is 0 Å². The van der Waals surface area contributed by atoms with Crippen LogP contribution in [0.25, 0.3) is 11.5 Å². The fraction of sp³-hybridized carbons (Fsp3) is 0.357. The van der Waals surface area contributed by atoms with E-state index in [-0.39, 0.29) is 0 Å². The van der Waals surface area contributed by atoms with Crippen LogP contribution in [0.4, 0.5) is 0 Å². The van der Waals surface area contributed by atoms with E-state index in [0.29, 0.717) is 32.1 Å². The van der Waals surface area contributed by atoms with Crippen molar-refractivity contribution in [2.45, 2.75) is 12.8 Å². The van der Waals surface area contributed by atoms with Crippen LogP contribution in [0.15, 0.2) is 28.9 Å². The van der Waals surface area contributed by atoms with Gasteiger partial charge >= 0.3 is 0 Å². The molecule has 0 bridgehead atoms. The quantitative estimate of drug-likeness (QED) is 0.914. The molecule has 0 unspecified atom stereocenters. The third-order valence-electron chi connectivity index (χ3n) is 2.95. The van der Waals surface area contributed by atoms with Crippen molar-refractivity contribution in [3.8, 4) is 23.0 Å². The highest BCUT2D eigenvalue weighted by atomic mass is 16.5. The van der Waals surface area contributed by atoms with Gasteiger partial charge in [-0.1, -0.05) is 0 Å². The zero-order valence-electron chi connectivity index (χ0n) is 10.6. The number of nitrogens with two attached hydrogens (primary N) is 1. The van der Waals surface area contributed by atoms with Gasteiger partial charge in [-0.15, -0.1) is 0 Å². The molecule has 0 radical (unpaired) electrons. The van der Waals surface area contributed by atoms with Crippen molar-refractivity contribution in [1.82, 2.24) is 4.98 Å². The van der Waals surface area contributed by atoms with E-state index in [4.69, 9.17) is 19.6 Å². The minimum absolute atomic E-state index is 0.563. The minimum atomic E-state index is 0.563. The highest BCUT2D eigenvalue weighted by Gasteiger charge is 2.13. The predicted octanol–water partition coefficient (Wildman–Crippen LogP) is 2.00. The zero-order valence-corrected chi connectivity index (χ0v) is 10.6. The number of ether oxygens (including phenoxy) is 2. The third kappa shape index (κ3) is 2.56. The molecule has 0 aliphatic carbocycles. The van der Waals surface area contributed by atoms with Gasteiger partial charge in [0.15, 0.2) is 11.5 Å². The maximum atomic E-state index is 5.65. The highest BCUT2D eigenvalue weighted by molar-refractivity contribution is 5.60. The summed E-state index contributed by atoms with van der Waals surface area (Å²) in [5.74, 6) is 2.10. The molecule has 5 nitrogen and oxygen atoms in total. The number of nitrogens with zero attached hydrogens (tertiary/aromatic N) is 1. The van der Waals surface area contributed by atoms with Crippen LogP contribution in [0, 0.1) is 0 Å². The van der Waals surface area contributed by atoms with Gasteiger partial charge < -0.3 is 19.6 Å². The number of rotatable bonds is 3. The lowest BCUT2D eigenvalue weighted by Gasteiger charge is -2.07. The summed E-state index contributed by atoms with van der Waals surface area (Å²) in [6.07, 6.45) is 3.25. The van der Waals surface area contributed by atoms with Crippen LogP contribution in [0.1, 0.15) is 12.1 Å². The summed E-state index contributed by atoms with van der Waals surface area (Å²) in [6.45, 7) is 1.92. The molecule has 2 N–H and O–H groups in total. The summed E-state index contributed by atoms with van der Waals surface area (Å²) < 4.78 is 16.7. The van der Waals surface area contributed by atoms with Crippen LogP contribution in [0.5, 0.6) is 11.5 Å². The molecule has 19 heavy (non-hydrogen) atoms. The fourth-order valence-electron chi connectivity index (χ4n) is 2.00. The lowest BCUT2D eigenvalue weighted by Crippen LogP contribution is -2.02. The summed E-state index contributed by atoms with van der Waals surface area (Å²) in [6, 6.07) is 5.72. The van der Waals surface area contributed by atoms with Crippen molar-refractivity contribution in [3.63, 3.8) is 0 Å². The molecule has 1 aromatic heterocycles. The maximum absolute atomic E-state index is 5.65. The monoisotopic (exact) mass is 260 g/mol. The minimum Gasteiger partial charge on any atom is -0.490 e. The summed E-state index contributed by atoms with van der Waals surface area (Å²) >= 11 is 0. The number of hydrogen-bond donors (Lipinski definition) is 1. The van der Waals surface area contributed by atoms with Crippen molar-refractivity contribution < 1.29 is 13.9 Å². The molecule has 0 atom stereocenters. The Morgan fingerprint density at radius 2 is 2.00 bits per heavy atom. The molecule has 5 heteroatoms. The number of hydrogen-bond acceptors (Lipinski definition) is 5. The molecular formula is C14H16N2O3. The van der Waals surface area contributed by atoms with Gasteiger partial charge in [0, 0.05) is 18.4 Å². The first-order valence-electron chi connectivity index (χ1n) is 6.41. The van der Waals surface area contributed by atoms with E-state index in [1.54, 1.807) is 6.26 Å². The lowest BCUT2D eigenvalue weighted by atomic mass is 10.2. The third-order valence-corrected chi connectivity index (χ3v) is 2.95. The molecule has 0 saturated heterocycles. The van der Waals surface area contributed by atoms with Crippen LogP contribution < -0.4 is 15.2 Å². The first-order valence-corrected chi connectivity index (χ1v) is 6.41. The smallest absolute Gasteiger partial charge is 0.226 e. The normalized spacial score (nSPS) is 14.2. The summed E-state index contributed by atoms with van der Waals surface area (Å²) in [4.78, 5) is 4.40. The topological polar surface area (TPSA) is 70.5 Å². The van der Waals surface area contributed by atoms with Gasteiger partial charge in [0.05, 0.1) is 18.9 Å². The molecule has 100 valence electrons. The van der Waals surface area contributed by atoms with Gasteiger partial charge in [0.2, 0.25) is 5.89 Å². The fourth-order valence-corrected chi connectivity index (χ4v) is 2.00. The molecule has 0 saturated carbocycles. The van der Waals surface area contributed by atoms with Crippen molar-refractivity contribution in [2.75, 3.05) is 19.8 Å². The predicted molar refractivity (Wildman–Crippen MR) is 70.3 cm³/mol. The Kier molecular flexibility index (Phi) is 3.37. The molecule has 3 rings (SSSR count). The molecule has 2 aromatic rings. The second-order valence-corrected chi connectivity index (χ2v) is 4.39. The Hall–Kier alpha value is -2.01. The molecular weight excluding hydrogens is 244 g/mol. The van der Waals surface area contributed by atoms with Gasteiger partial charge in [-0.2, -0.15) is 0 Å². The number of oxazole rings is 1. The Balaban J connectivity index is 1.89.